The van der Waals surface area contributed by atoms with E-state index in [-0.39, 0.29) is 11.3 Å². The van der Waals surface area contributed by atoms with Gasteiger partial charge in [0.25, 0.3) is 5.91 Å². The van der Waals surface area contributed by atoms with Crippen molar-refractivity contribution in [3.05, 3.63) is 65.9 Å². The van der Waals surface area contributed by atoms with Crippen molar-refractivity contribution in [2.45, 2.75) is 26.7 Å². The third-order valence-corrected chi connectivity index (χ3v) is 5.73. The van der Waals surface area contributed by atoms with Crippen molar-refractivity contribution in [1.29, 1.82) is 0 Å². The molecule has 2 heterocycles. The molecular formula is C24H27N3O2. The minimum Gasteiger partial charge on any atom is -0.436 e. The highest BCUT2D eigenvalue weighted by molar-refractivity contribution is 6.00. The van der Waals surface area contributed by atoms with Crippen LogP contribution in [0, 0.1) is 12.3 Å². The lowest BCUT2D eigenvalue weighted by atomic mass is 9.81. The highest BCUT2D eigenvalue weighted by atomic mass is 16.4. The zero-order chi connectivity index (χ0) is 20.3. The van der Waals surface area contributed by atoms with E-state index in [4.69, 9.17) is 4.42 Å². The molecule has 5 heteroatoms. The quantitative estimate of drug-likeness (QED) is 0.677. The maximum Gasteiger partial charge on any atom is 0.252 e. The maximum absolute atomic E-state index is 12.9. The smallest absolute Gasteiger partial charge is 0.252 e. The fourth-order valence-corrected chi connectivity index (χ4v) is 3.71. The van der Waals surface area contributed by atoms with E-state index in [1.807, 2.05) is 48.5 Å². The second kappa shape index (κ2) is 8.21. The first kappa shape index (κ1) is 19.4. The molecule has 1 aromatic heterocycles. The number of rotatable bonds is 5. The molecule has 5 nitrogen and oxygen atoms in total. The Morgan fingerprint density at radius 2 is 1.86 bits per heavy atom. The first-order valence-corrected chi connectivity index (χ1v) is 10.2. The molecule has 1 amide bonds. The van der Waals surface area contributed by atoms with Crippen molar-refractivity contribution in [3.63, 3.8) is 0 Å². The Balaban J connectivity index is 1.54. The predicted molar refractivity (Wildman–Crippen MR) is 115 cm³/mol. The molecule has 0 aliphatic carbocycles. The monoisotopic (exact) mass is 389 g/mol. The molecule has 150 valence electrons. The summed E-state index contributed by atoms with van der Waals surface area (Å²) in [7, 11) is 0. The van der Waals surface area contributed by atoms with Gasteiger partial charge >= 0.3 is 0 Å². The van der Waals surface area contributed by atoms with Crippen LogP contribution in [0.2, 0.25) is 0 Å². The van der Waals surface area contributed by atoms with E-state index < -0.39 is 0 Å². The van der Waals surface area contributed by atoms with E-state index in [1.54, 1.807) is 6.20 Å². The summed E-state index contributed by atoms with van der Waals surface area (Å²) in [5, 5.41) is 6.50. The topological polar surface area (TPSA) is 67.2 Å². The van der Waals surface area contributed by atoms with Gasteiger partial charge in [-0.15, -0.1) is 0 Å². The number of hydrogen-bond acceptors (Lipinski definition) is 4. The number of carbonyl (C=O) groups is 1. The molecule has 2 aromatic carbocycles. The largest absolute Gasteiger partial charge is 0.436 e. The summed E-state index contributed by atoms with van der Waals surface area (Å²) >= 11 is 0. The van der Waals surface area contributed by atoms with E-state index in [9.17, 15) is 4.79 Å². The summed E-state index contributed by atoms with van der Waals surface area (Å²) in [5.74, 6) is 1.06. The molecule has 0 saturated carbocycles. The summed E-state index contributed by atoms with van der Waals surface area (Å²) < 4.78 is 6.00. The number of nitrogens with zero attached hydrogens (tertiary/aromatic N) is 1. The van der Waals surface area contributed by atoms with Gasteiger partial charge < -0.3 is 15.1 Å². The molecule has 2 N–H and O–H groups in total. The third-order valence-electron chi connectivity index (χ3n) is 5.73. The van der Waals surface area contributed by atoms with Crippen molar-refractivity contribution in [1.82, 2.24) is 15.6 Å². The number of nitrogens with one attached hydrogen (secondary N) is 2. The van der Waals surface area contributed by atoms with Crippen molar-refractivity contribution in [3.8, 4) is 22.8 Å². The number of hydrogen-bond donors (Lipinski definition) is 2. The molecule has 0 spiro atoms. The fraction of sp³-hybridized carbons (Fsp3) is 0.333. The van der Waals surface area contributed by atoms with Gasteiger partial charge in [0.1, 0.15) is 0 Å². The fourth-order valence-electron chi connectivity index (χ4n) is 3.71. The van der Waals surface area contributed by atoms with Crippen LogP contribution in [0.4, 0.5) is 0 Å². The van der Waals surface area contributed by atoms with Gasteiger partial charge in [0.05, 0.1) is 11.8 Å². The zero-order valence-corrected chi connectivity index (χ0v) is 17.0. The van der Waals surface area contributed by atoms with Crippen LogP contribution in [0.15, 0.2) is 59.1 Å². The van der Waals surface area contributed by atoms with E-state index >= 15 is 0 Å². The van der Waals surface area contributed by atoms with Crippen LogP contribution in [0.3, 0.4) is 0 Å². The lowest BCUT2D eigenvalue weighted by Crippen LogP contribution is -2.43. The predicted octanol–water partition coefficient (Wildman–Crippen LogP) is 4.44. The van der Waals surface area contributed by atoms with Crippen LogP contribution in [0.5, 0.6) is 0 Å². The van der Waals surface area contributed by atoms with Crippen molar-refractivity contribution < 1.29 is 9.21 Å². The number of oxazole rings is 1. The number of amides is 1. The summed E-state index contributed by atoms with van der Waals surface area (Å²) in [6.07, 6.45) is 3.84. The number of aryl methyl sites for hydroxylation is 1. The average Bonchev–Trinajstić information content (AvgIpc) is 3.23. The molecule has 29 heavy (non-hydrogen) atoms. The normalized spacial score (nSPS) is 15.8. The van der Waals surface area contributed by atoms with Gasteiger partial charge in [0.15, 0.2) is 5.76 Å². The summed E-state index contributed by atoms with van der Waals surface area (Å²) in [6, 6.07) is 15.6. The van der Waals surface area contributed by atoms with Gasteiger partial charge in [-0.3, -0.25) is 4.79 Å². The van der Waals surface area contributed by atoms with Crippen molar-refractivity contribution in [2.75, 3.05) is 19.6 Å². The van der Waals surface area contributed by atoms with E-state index in [1.165, 1.54) is 5.56 Å². The number of piperidine rings is 1. The second-order valence-corrected chi connectivity index (χ2v) is 8.18. The highest BCUT2D eigenvalue weighted by Crippen LogP contribution is 2.29. The van der Waals surface area contributed by atoms with Gasteiger partial charge in [-0.25, -0.2) is 4.98 Å². The molecule has 0 atom stereocenters. The Kier molecular flexibility index (Phi) is 5.49. The van der Waals surface area contributed by atoms with Crippen LogP contribution in [-0.2, 0) is 0 Å². The summed E-state index contributed by atoms with van der Waals surface area (Å²) in [5.41, 5.74) is 3.59. The lowest BCUT2D eigenvalue weighted by molar-refractivity contribution is 0.0922. The summed E-state index contributed by atoms with van der Waals surface area (Å²) in [4.78, 5) is 17.4. The average molecular weight is 389 g/mol. The molecule has 1 aliphatic heterocycles. The first-order valence-electron chi connectivity index (χ1n) is 10.2. The highest BCUT2D eigenvalue weighted by Gasteiger charge is 2.27. The summed E-state index contributed by atoms with van der Waals surface area (Å²) in [6.45, 7) is 6.96. The van der Waals surface area contributed by atoms with E-state index in [0.29, 0.717) is 29.3 Å². The standard InChI is InChI=1S/C24H27N3O2/c1-17-7-9-18(10-8-17)21-15-26-23(29-21)20-6-4-3-5-19(20)22(28)27-16-24(2)11-13-25-14-12-24/h3-10,15,25H,11-14,16H2,1-2H3,(H,27,28). The Bertz CT molecular complexity index is 985. The molecule has 1 saturated heterocycles. The van der Waals surface area contributed by atoms with E-state index in [2.05, 4.69) is 29.5 Å². The second-order valence-electron chi connectivity index (χ2n) is 8.18. The van der Waals surface area contributed by atoms with Crippen LogP contribution in [0.25, 0.3) is 22.8 Å². The van der Waals surface area contributed by atoms with Gasteiger partial charge in [0, 0.05) is 17.7 Å². The van der Waals surface area contributed by atoms with Gasteiger partial charge in [-0.1, -0.05) is 48.9 Å². The van der Waals surface area contributed by atoms with Crippen molar-refractivity contribution in [2.24, 2.45) is 5.41 Å². The number of carbonyl (C=O) groups excluding carboxylic acids is 1. The lowest BCUT2D eigenvalue weighted by Gasteiger charge is -2.34. The molecule has 3 aromatic rings. The molecule has 0 bridgehead atoms. The van der Waals surface area contributed by atoms with Gasteiger partial charge in [0.2, 0.25) is 5.89 Å². The Morgan fingerprint density at radius 1 is 1.14 bits per heavy atom. The molecule has 1 aliphatic rings. The van der Waals surface area contributed by atoms with E-state index in [0.717, 1.165) is 31.5 Å². The van der Waals surface area contributed by atoms with Crippen molar-refractivity contribution >= 4 is 5.91 Å². The Hall–Kier alpha value is -2.92. The van der Waals surface area contributed by atoms with Gasteiger partial charge in [-0.2, -0.15) is 0 Å². The van der Waals surface area contributed by atoms with Crippen LogP contribution in [-0.4, -0.2) is 30.5 Å². The Labute approximate surface area is 171 Å². The molecule has 0 radical (unpaired) electrons. The first-order chi connectivity index (χ1) is 14.0. The third kappa shape index (κ3) is 4.40. The SMILES string of the molecule is Cc1ccc(-c2cnc(-c3ccccc3C(=O)NCC3(C)CCNCC3)o2)cc1. The minimum atomic E-state index is -0.0876. The zero-order valence-electron chi connectivity index (χ0n) is 17.0. The maximum atomic E-state index is 12.9. The Morgan fingerprint density at radius 3 is 2.62 bits per heavy atom. The minimum absolute atomic E-state index is 0.0876. The van der Waals surface area contributed by atoms with Gasteiger partial charge in [-0.05, 0) is 50.4 Å². The number of benzene rings is 2. The molecule has 1 fully saturated rings. The van der Waals surface area contributed by atoms with Crippen LogP contribution < -0.4 is 10.6 Å². The van der Waals surface area contributed by atoms with Crippen LogP contribution >= 0.6 is 0 Å². The molecular weight excluding hydrogens is 362 g/mol. The number of aromatic nitrogens is 1. The van der Waals surface area contributed by atoms with Crippen LogP contribution in [0.1, 0.15) is 35.7 Å². The molecule has 4 rings (SSSR count). The molecule has 0 unspecified atom stereocenters.